The van der Waals surface area contributed by atoms with Gasteiger partial charge in [-0.05, 0) is 18.3 Å². The van der Waals surface area contributed by atoms with E-state index in [9.17, 15) is 0 Å². The van der Waals surface area contributed by atoms with Crippen LogP contribution < -0.4 is 0 Å². The van der Waals surface area contributed by atoms with Crippen molar-refractivity contribution in [2.45, 2.75) is 33.8 Å². The van der Waals surface area contributed by atoms with Crippen LogP contribution in [0.25, 0.3) is 0 Å². The highest BCUT2D eigenvalue weighted by Gasteiger charge is 2.37. The first kappa shape index (κ1) is 7.07. The minimum atomic E-state index is 0.402. The van der Waals surface area contributed by atoms with Crippen molar-refractivity contribution < 1.29 is 4.74 Å². The highest BCUT2D eigenvalue weighted by molar-refractivity contribution is 4.84. The van der Waals surface area contributed by atoms with Gasteiger partial charge in [0.05, 0.1) is 12.7 Å². The first-order chi connectivity index (χ1) is 4.04. The lowest BCUT2D eigenvalue weighted by Crippen LogP contribution is -2.21. The summed E-state index contributed by atoms with van der Waals surface area (Å²) >= 11 is 0. The summed E-state index contributed by atoms with van der Waals surface area (Å²) in [4.78, 5) is 0. The van der Waals surface area contributed by atoms with Crippen LogP contribution >= 0.6 is 0 Å². The molecule has 0 aromatic heterocycles. The molecule has 1 fully saturated rings. The van der Waals surface area contributed by atoms with Gasteiger partial charge in [0, 0.05) is 0 Å². The average molecular weight is 128 g/mol. The summed E-state index contributed by atoms with van der Waals surface area (Å²) in [5.74, 6) is 0.706. The van der Waals surface area contributed by atoms with Crippen molar-refractivity contribution in [2.24, 2.45) is 11.3 Å². The zero-order valence-electron chi connectivity index (χ0n) is 6.77. The maximum atomic E-state index is 5.48. The Morgan fingerprint density at radius 1 is 1.33 bits per heavy atom. The average Bonchev–Trinajstić information content (AvgIpc) is 1.97. The second-order valence-electron chi connectivity index (χ2n) is 3.79. The first-order valence-corrected chi connectivity index (χ1v) is 3.65. The summed E-state index contributed by atoms with van der Waals surface area (Å²) in [6.07, 6.45) is 0.458. The van der Waals surface area contributed by atoms with E-state index in [1.807, 2.05) is 0 Å². The van der Waals surface area contributed by atoms with Gasteiger partial charge in [-0.25, -0.2) is 0 Å². The predicted octanol–water partition coefficient (Wildman–Crippen LogP) is 2.07. The van der Waals surface area contributed by atoms with Crippen molar-refractivity contribution in [3.05, 3.63) is 0 Å². The Labute approximate surface area is 57.4 Å². The van der Waals surface area contributed by atoms with E-state index in [1.165, 1.54) is 0 Å². The molecule has 1 heteroatoms. The van der Waals surface area contributed by atoms with E-state index in [1.54, 1.807) is 0 Å². The molecule has 1 nitrogen and oxygen atoms in total. The van der Waals surface area contributed by atoms with Crippen LogP contribution in [0.15, 0.2) is 0 Å². The Bertz CT molecular complexity index is 107. The van der Waals surface area contributed by atoms with E-state index in [0.29, 0.717) is 17.4 Å². The van der Waals surface area contributed by atoms with Crippen molar-refractivity contribution >= 4 is 0 Å². The summed E-state index contributed by atoms with van der Waals surface area (Å²) in [5.41, 5.74) is 0.402. The number of rotatable bonds is 0. The van der Waals surface area contributed by atoms with Gasteiger partial charge in [0.25, 0.3) is 0 Å². The monoisotopic (exact) mass is 128 g/mol. The van der Waals surface area contributed by atoms with Crippen LogP contribution in [0.5, 0.6) is 0 Å². The maximum absolute atomic E-state index is 5.48. The standard InChI is InChI=1S/C8H16O/c1-6-7(2)9-5-8(6,3)4/h6-7H,5H2,1-4H3/t6?,7-/m1/s1. The van der Waals surface area contributed by atoms with Crippen LogP contribution in [-0.4, -0.2) is 12.7 Å². The van der Waals surface area contributed by atoms with Crippen LogP contribution in [0.3, 0.4) is 0 Å². The highest BCUT2D eigenvalue weighted by atomic mass is 16.5. The molecule has 1 saturated heterocycles. The maximum Gasteiger partial charge on any atom is 0.0578 e. The van der Waals surface area contributed by atoms with E-state index >= 15 is 0 Å². The highest BCUT2D eigenvalue weighted by Crippen LogP contribution is 2.36. The molecule has 0 aromatic carbocycles. The molecule has 1 unspecified atom stereocenters. The van der Waals surface area contributed by atoms with Crippen LogP contribution in [0.4, 0.5) is 0 Å². The van der Waals surface area contributed by atoms with Crippen molar-refractivity contribution in [2.75, 3.05) is 6.61 Å². The normalized spacial score (nSPS) is 41.3. The van der Waals surface area contributed by atoms with Crippen molar-refractivity contribution in [3.63, 3.8) is 0 Å². The van der Waals surface area contributed by atoms with E-state index in [4.69, 9.17) is 4.74 Å². The second kappa shape index (κ2) is 1.98. The molecule has 0 N–H and O–H groups in total. The molecule has 0 bridgehead atoms. The summed E-state index contributed by atoms with van der Waals surface area (Å²) in [7, 11) is 0. The van der Waals surface area contributed by atoms with E-state index in [0.717, 1.165) is 6.61 Å². The SMILES string of the molecule is CC1[C@@H](C)OCC1(C)C. The fraction of sp³-hybridized carbons (Fsp3) is 1.00. The molecule has 2 atom stereocenters. The predicted molar refractivity (Wildman–Crippen MR) is 38.4 cm³/mol. The zero-order valence-corrected chi connectivity index (χ0v) is 6.77. The quantitative estimate of drug-likeness (QED) is 0.485. The Morgan fingerprint density at radius 3 is 2.00 bits per heavy atom. The summed E-state index contributed by atoms with van der Waals surface area (Å²) in [5, 5.41) is 0. The van der Waals surface area contributed by atoms with Crippen LogP contribution in [0.1, 0.15) is 27.7 Å². The lowest BCUT2D eigenvalue weighted by atomic mass is 9.81. The van der Waals surface area contributed by atoms with Gasteiger partial charge in [0.2, 0.25) is 0 Å². The van der Waals surface area contributed by atoms with Crippen LogP contribution in [0.2, 0.25) is 0 Å². The molecule has 0 radical (unpaired) electrons. The largest absolute Gasteiger partial charge is 0.378 e. The first-order valence-electron chi connectivity index (χ1n) is 3.65. The van der Waals surface area contributed by atoms with Gasteiger partial charge in [-0.15, -0.1) is 0 Å². The molecule has 1 aliphatic heterocycles. The van der Waals surface area contributed by atoms with Crippen LogP contribution in [0, 0.1) is 11.3 Å². The second-order valence-corrected chi connectivity index (χ2v) is 3.79. The topological polar surface area (TPSA) is 9.23 Å². The molecule has 0 spiro atoms. The van der Waals surface area contributed by atoms with Gasteiger partial charge in [-0.1, -0.05) is 20.8 Å². The van der Waals surface area contributed by atoms with Gasteiger partial charge in [0.1, 0.15) is 0 Å². The zero-order chi connectivity index (χ0) is 7.07. The Balaban J connectivity index is 2.62. The third-order valence-corrected chi connectivity index (χ3v) is 2.66. The van der Waals surface area contributed by atoms with Crippen molar-refractivity contribution in [1.29, 1.82) is 0 Å². The molecule has 0 amide bonds. The van der Waals surface area contributed by atoms with Gasteiger partial charge < -0.3 is 4.74 Å². The van der Waals surface area contributed by atoms with Gasteiger partial charge in [-0.2, -0.15) is 0 Å². The Kier molecular flexibility index (Phi) is 1.55. The third-order valence-electron chi connectivity index (χ3n) is 2.66. The van der Waals surface area contributed by atoms with E-state index in [2.05, 4.69) is 27.7 Å². The van der Waals surface area contributed by atoms with E-state index < -0.39 is 0 Å². The molecule has 1 rings (SSSR count). The lowest BCUT2D eigenvalue weighted by Gasteiger charge is -2.21. The summed E-state index contributed by atoms with van der Waals surface area (Å²) in [6.45, 7) is 9.87. The molecule has 0 aromatic rings. The molecule has 1 heterocycles. The number of hydrogen-bond donors (Lipinski definition) is 0. The van der Waals surface area contributed by atoms with E-state index in [-0.39, 0.29) is 0 Å². The van der Waals surface area contributed by atoms with Crippen molar-refractivity contribution in [1.82, 2.24) is 0 Å². The van der Waals surface area contributed by atoms with Gasteiger partial charge >= 0.3 is 0 Å². The molecule has 0 aliphatic carbocycles. The Hall–Kier alpha value is -0.0400. The minimum Gasteiger partial charge on any atom is -0.378 e. The molecule has 9 heavy (non-hydrogen) atoms. The Morgan fingerprint density at radius 2 is 1.89 bits per heavy atom. The molecular formula is C8H16O. The van der Waals surface area contributed by atoms with Gasteiger partial charge in [-0.3, -0.25) is 0 Å². The summed E-state index contributed by atoms with van der Waals surface area (Å²) < 4.78 is 5.48. The molecule has 54 valence electrons. The van der Waals surface area contributed by atoms with Gasteiger partial charge in [0.15, 0.2) is 0 Å². The minimum absolute atomic E-state index is 0.402. The third kappa shape index (κ3) is 1.11. The fourth-order valence-corrected chi connectivity index (χ4v) is 1.26. The van der Waals surface area contributed by atoms with Crippen molar-refractivity contribution in [3.8, 4) is 0 Å². The lowest BCUT2D eigenvalue weighted by molar-refractivity contribution is 0.105. The fourth-order valence-electron chi connectivity index (χ4n) is 1.26. The van der Waals surface area contributed by atoms with Crippen LogP contribution in [-0.2, 0) is 4.74 Å². The number of ether oxygens (including phenoxy) is 1. The molecule has 1 aliphatic rings. The molecular weight excluding hydrogens is 112 g/mol. The smallest absolute Gasteiger partial charge is 0.0578 e. The molecule has 0 saturated carbocycles. The number of hydrogen-bond acceptors (Lipinski definition) is 1. The summed E-state index contributed by atoms with van der Waals surface area (Å²) in [6, 6.07) is 0.